The summed E-state index contributed by atoms with van der Waals surface area (Å²) in [5.41, 5.74) is 0. The third kappa shape index (κ3) is 1.97. The molecule has 1 aromatic rings. The van der Waals surface area contributed by atoms with Gasteiger partial charge in [-0.2, -0.15) is 0 Å². The Bertz CT molecular complexity index is 303. The molecule has 1 aromatic heterocycles. The van der Waals surface area contributed by atoms with Crippen molar-refractivity contribution in [3.8, 4) is 0 Å². The van der Waals surface area contributed by atoms with Crippen LogP contribution in [0.25, 0.3) is 0 Å². The average Bonchev–Trinajstić information content (AvgIpc) is 2.85. The van der Waals surface area contributed by atoms with Crippen LogP contribution in [0.3, 0.4) is 0 Å². The van der Waals surface area contributed by atoms with Crippen LogP contribution >= 0.6 is 0 Å². The van der Waals surface area contributed by atoms with Gasteiger partial charge in [0.2, 0.25) is 0 Å². The summed E-state index contributed by atoms with van der Waals surface area (Å²) in [6, 6.07) is 3.81. The molecule has 0 spiro atoms. The van der Waals surface area contributed by atoms with Crippen LogP contribution in [0.4, 0.5) is 0 Å². The molecule has 0 amide bonds. The highest BCUT2D eigenvalue weighted by Crippen LogP contribution is 2.24. The standard InChI is InChI=1S/C11H15NO2/c1-2-3-6-11-12-8-10(14-11)9-5-4-7-13-9/h4-5,7,10H,2-3,6,8H2,1H3. The van der Waals surface area contributed by atoms with Gasteiger partial charge >= 0.3 is 0 Å². The van der Waals surface area contributed by atoms with E-state index in [9.17, 15) is 0 Å². The molecule has 0 saturated heterocycles. The minimum absolute atomic E-state index is 0.0110. The Balaban J connectivity index is 1.86. The molecule has 0 bridgehead atoms. The molecule has 1 unspecified atom stereocenters. The highest BCUT2D eigenvalue weighted by atomic mass is 16.5. The van der Waals surface area contributed by atoms with Crippen LogP contribution in [0, 0.1) is 0 Å². The van der Waals surface area contributed by atoms with Crippen LogP contribution in [0.1, 0.15) is 38.1 Å². The zero-order chi connectivity index (χ0) is 9.80. The van der Waals surface area contributed by atoms with Crippen molar-refractivity contribution < 1.29 is 9.15 Å². The number of hydrogen-bond acceptors (Lipinski definition) is 3. The Morgan fingerprint density at radius 1 is 1.57 bits per heavy atom. The molecule has 76 valence electrons. The van der Waals surface area contributed by atoms with E-state index in [4.69, 9.17) is 9.15 Å². The summed E-state index contributed by atoms with van der Waals surface area (Å²) in [4.78, 5) is 4.35. The lowest BCUT2D eigenvalue weighted by molar-refractivity contribution is 0.192. The maximum atomic E-state index is 5.66. The Labute approximate surface area is 83.8 Å². The molecular formula is C11H15NO2. The fourth-order valence-corrected chi connectivity index (χ4v) is 1.51. The zero-order valence-electron chi connectivity index (χ0n) is 8.40. The van der Waals surface area contributed by atoms with E-state index >= 15 is 0 Å². The van der Waals surface area contributed by atoms with Gasteiger partial charge in [0, 0.05) is 6.42 Å². The molecule has 3 heteroatoms. The molecule has 0 saturated carbocycles. The molecule has 1 aliphatic heterocycles. The van der Waals surface area contributed by atoms with Crippen molar-refractivity contribution >= 4 is 5.90 Å². The first-order chi connectivity index (χ1) is 6.90. The number of hydrogen-bond donors (Lipinski definition) is 0. The van der Waals surface area contributed by atoms with Crippen LogP contribution < -0.4 is 0 Å². The molecule has 3 nitrogen and oxygen atoms in total. The highest BCUT2D eigenvalue weighted by Gasteiger charge is 2.22. The van der Waals surface area contributed by atoms with Gasteiger partial charge in [0.1, 0.15) is 5.76 Å². The summed E-state index contributed by atoms with van der Waals surface area (Å²) < 4.78 is 10.9. The number of rotatable bonds is 4. The minimum Gasteiger partial charge on any atom is -0.468 e. The lowest BCUT2D eigenvalue weighted by Crippen LogP contribution is -2.03. The van der Waals surface area contributed by atoms with Crippen LogP contribution in [-0.2, 0) is 4.74 Å². The molecule has 0 N–H and O–H groups in total. The number of furan rings is 1. The summed E-state index contributed by atoms with van der Waals surface area (Å²) in [5.74, 6) is 1.76. The fourth-order valence-electron chi connectivity index (χ4n) is 1.51. The molecule has 14 heavy (non-hydrogen) atoms. The second kappa shape index (κ2) is 4.31. The van der Waals surface area contributed by atoms with Crippen molar-refractivity contribution in [1.82, 2.24) is 0 Å². The van der Waals surface area contributed by atoms with Crippen molar-refractivity contribution in [3.05, 3.63) is 24.2 Å². The van der Waals surface area contributed by atoms with Gasteiger partial charge in [0.05, 0.1) is 12.8 Å². The maximum Gasteiger partial charge on any atom is 0.184 e. The number of unbranched alkanes of at least 4 members (excludes halogenated alkanes) is 1. The quantitative estimate of drug-likeness (QED) is 0.736. The van der Waals surface area contributed by atoms with E-state index in [1.54, 1.807) is 6.26 Å². The predicted molar refractivity (Wildman–Crippen MR) is 54.4 cm³/mol. The maximum absolute atomic E-state index is 5.66. The second-order valence-electron chi connectivity index (χ2n) is 3.46. The third-order valence-electron chi connectivity index (χ3n) is 2.32. The first-order valence-electron chi connectivity index (χ1n) is 5.13. The SMILES string of the molecule is CCCCC1=NCC(c2ccco2)O1. The third-order valence-corrected chi connectivity index (χ3v) is 2.32. The molecule has 2 rings (SSSR count). The van der Waals surface area contributed by atoms with Crippen LogP contribution in [-0.4, -0.2) is 12.4 Å². The monoisotopic (exact) mass is 193 g/mol. The average molecular weight is 193 g/mol. The number of nitrogens with zero attached hydrogens (tertiary/aromatic N) is 1. The van der Waals surface area contributed by atoms with Crippen molar-refractivity contribution in [2.75, 3.05) is 6.54 Å². The van der Waals surface area contributed by atoms with E-state index in [1.165, 1.54) is 6.42 Å². The van der Waals surface area contributed by atoms with Gasteiger partial charge in [-0.1, -0.05) is 13.3 Å². The van der Waals surface area contributed by atoms with Crippen molar-refractivity contribution in [2.24, 2.45) is 4.99 Å². The van der Waals surface area contributed by atoms with Gasteiger partial charge < -0.3 is 9.15 Å². The number of ether oxygens (including phenoxy) is 1. The van der Waals surface area contributed by atoms with Gasteiger partial charge in [-0.15, -0.1) is 0 Å². The van der Waals surface area contributed by atoms with Crippen LogP contribution in [0.2, 0.25) is 0 Å². The predicted octanol–water partition coefficient (Wildman–Crippen LogP) is 2.94. The van der Waals surface area contributed by atoms with E-state index in [2.05, 4.69) is 11.9 Å². The van der Waals surface area contributed by atoms with Crippen molar-refractivity contribution in [3.63, 3.8) is 0 Å². The molecule has 1 atom stereocenters. The molecule has 0 fully saturated rings. The Morgan fingerprint density at radius 3 is 3.21 bits per heavy atom. The highest BCUT2D eigenvalue weighted by molar-refractivity contribution is 5.77. The van der Waals surface area contributed by atoms with E-state index in [0.29, 0.717) is 6.54 Å². The first-order valence-corrected chi connectivity index (χ1v) is 5.13. The van der Waals surface area contributed by atoms with E-state index in [1.807, 2.05) is 12.1 Å². The Kier molecular flexibility index (Phi) is 2.87. The molecule has 0 aliphatic carbocycles. The lowest BCUT2D eigenvalue weighted by Gasteiger charge is -2.07. The number of aliphatic imine (C=N–C) groups is 1. The van der Waals surface area contributed by atoms with E-state index in [-0.39, 0.29) is 6.10 Å². The summed E-state index contributed by atoms with van der Waals surface area (Å²) in [7, 11) is 0. The Hall–Kier alpha value is -1.25. The minimum atomic E-state index is 0.0110. The van der Waals surface area contributed by atoms with Gasteiger partial charge in [0.15, 0.2) is 12.0 Å². The fraction of sp³-hybridized carbons (Fsp3) is 0.545. The molecular weight excluding hydrogens is 178 g/mol. The van der Waals surface area contributed by atoms with Crippen LogP contribution in [0.15, 0.2) is 27.8 Å². The van der Waals surface area contributed by atoms with Gasteiger partial charge in [-0.3, -0.25) is 4.99 Å². The van der Waals surface area contributed by atoms with Crippen LogP contribution in [0.5, 0.6) is 0 Å². The summed E-state index contributed by atoms with van der Waals surface area (Å²) in [5, 5.41) is 0. The van der Waals surface area contributed by atoms with Gasteiger partial charge in [-0.25, -0.2) is 0 Å². The lowest BCUT2D eigenvalue weighted by atomic mass is 10.2. The second-order valence-corrected chi connectivity index (χ2v) is 3.46. The molecule has 2 heterocycles. The Morgan fingerprint density at radius 2 is 2.50 bits per heavy atom. The largest absolute Gasteiger partial charge is 0.468 e. The van der Waals surface area contributed by atoms with E-state index in [0.717, 1.165) is 24.5 Å². The van der Waals surface area contributed by atoms with Crippen molar-refractivity contribution in [2.45, 2.75) is 32.3 Å². The topological polar surface area (TPSA) is 34.7 Å². The summed E-state index contributed by atoms with van der Waals surface area (Å²) >= 11 is 0. The van der Waals surface area contributed by atoms with E-state index < -0.39 is 0 Å². The molecule has 0 radical (unpaired) electrons. The summed E-state index contributed by atoms with van der Waals surface area (Å²) in [6.45, 7) is 2.87. The molecule has 1 aliphatic rings. The summed E-state index contributed by atoms with van der Waals surface area (Å²) in [6.07, 6.45) is 4.95. The smallest absolute Gasteiger partial charge is 0.184 e. The molecule has 0 aromatic carbocycles. The van der Waals surface area contributed by atoms with Gasteiger partial charge in [0.25, 0.3) is 0 Å². The van der Waals surface area contributed by atoms with Crippen molar-refractivity contribution in [1.29, 1.82) is 0 Å². The van der Waals surface area contributed by atoms with Gasteiger partial charge in [-0.05, 0) is 18.6 Å². The first kappa shape index (κ1) is 9.31. The normalized spacial score (nSPS) is 20.6. The zero-order valence-corrected chi connectivity index (χ0v) is 8.40.